The second-order valence-corrected chi connectivity index (χ2v) is 6.86. The van der Waals surface area contributed by atoms with E-state index < -0.39 is 5.91 Å². The highest BCUT2D eigenvalue weighted by atomic mass is 79.9. The Balaban J connectivity index is 1.97. The minimum atomic E-state index is -0.465. The van der Waals surface area contributed by atoms with Crippen molar-refractivity contribution < 1.29 is 14.3 Å². The number of ether oxygens (including phenoxy) is 2. The highest BCUT2D eigenvalue weighted by Crippen LogP contribution is 2.26. The maximum Gasteiger partial charge on any atom is 0.241 e. The number of benzene rings is 2. The fourth-order valence-corrected chi connectivity index (χ4v) is 2.66. The van der Waals surface area contributed by atoms with Crippen LogP contribution >= 0.6 is 15.9 Å². The summed E-state index contributed by atoms with van der Waals surface area (Å²) in [6.45, 7) is 2.15. The number of nitrogens with two attached hydrogens (primary N) is 1. The van der Waals surface area contributed by atoms with Crippen molar-refractivity contribution in [1.29, 1.82) is 0 Å². The number of carbonyl (C=O) groups excluding carboxylic acids is 1. The van der Waals surface area contributed by atoms with Crippen molar-refractivity contribution in [2.75, 3.05) is 0 Å². The molecule has 1 amide bonds. The Bertz CT molecular complexity index is 711. The van der Waals surface area contributed by atoms with Crippen molar-refractivity contribution in [3.05, 3.63) is 65.2 Å². The molecule has 0 radical (unpaired) electrons. The molecule has 26 heavy (non-hydrogen) atoms. The van der Waals surface area contributed by atoms with Crippen LogP contribution in [0.5, 0.6) is 17.2 Å². The maximum absolute atomic E-state index is 11.0. The summed E-state index contributed by atoms with van der Waals surface area (Å²) < 4.78 is 12.8. The zero-order valence-corrected chi connectivity index (χ0v) is 16.4. The molecular weight excluding hydrogens is 394 g/mol. The van der Waals surface area contributed by atoms with E-state index in [-0.39, 0.29) is 6.10 Å². The molecule has 0 spiro atoms. The molecule has 1 atom stereocenters. The third-order valence-corrected chi connectivity index (χ3v) is 4.26. The average molecular weight is 418 g/mol. The number of hydrogen-bond acceptors (Lipinski definition) is 3. The Morgan fingerprint density at radius 1 is 1.04 bits per heavy atom. The summed E-state index contributed by atoms with van der Waals surface area (Å²) in [5, 5.41) is 0. The van der Waals surface area contributed by atoms with Gasteiger partial charge in [0.05, 0.1) is 0 Å². The second kappa shape index (κ2) is 10.7. The monoisotopic (exact) mass is 417 g/mol. The normalized spacial score (nSPS) is 12.1. The third-order valence-electron chi connectivity index (χ3n) is 3.73. The van der Waals surface area contributed by atoms with Crippen LogP contribution in [0.15, 0.2) is 65.2 Å². The van der Waals surface area contributed by atoms with E-state index in [1.165, 1.54) is 6.08 Å². The van der Waals surface area contributed by atoms with E-state index in [2.05, 4.69) is 22.9 Å². The molecule has 0 aromatic heterocycles. The Morgan fingerprint density at radius 2 is 1.62 bits per heavy atom. The minimum absolute atomic E-state index is 0.174. The molecule has 2 aromatic rings. The van der Waals surface area contributed by atoms with Crippen molar-refractivity contribution in [2.45, 2.75) is 38.7 Å². The van der Waals surface area contributed by atoms with Crippen molar-refractivity contribution in [2.24, 2.45) is 5.73 Å². The van der Waals surface area contributed by atoms with Crippen LogP contribution in [0.25, 0.3) is 0 Å². The molecule has 2 rings (SSSR count). The molecule has 2 aromatic carbocycles. The Morgan fingerprint density at radius 3 is 2.19 bits per heavy atom. The van der Waals surface area contributed by atoms with Gasteiger partial charge in [-0.25, -0.2) is 0 Å². The first kappa shape index (κ1) is 20.0. The van der Waals surface area contributed by atoms with Gasteiger partial charge in [-0.3, -0.25) is 4.79 Å². The van der Waals surface area contributed by atoms with E-state index in [0.717, 1.165) is 47.4 Å². The van der Waals surface area contributed by atoms with Crippen LogP contribution in [-0.4, -0.2) is 12.0 Å². The molecule has 0 aliphatic carbocycles. The first-order valence-electron chi connectivity index (χ1n) is 8.74. The third kappa shape index (κ3) is 7.31. The number of halogens is 1. The highest BCUT2D eigenvalue weighted by molar-refractivity contribution is 9.10. The lowest BCUT2D eigenvalue weighted by Gasteiger charge is -2.16. The van der Waals surface area contributed by atoms with Crippen molar-refractivity contribution in [3.8, 4) is 17.2 Å². The molecule has 0 bridgehead atoms. The summed E-state index contributed by atoms with van der Waals surface area (Å²) in [5.41, 5.74) is 5.19. The van der Waals surface area contributed by atoms with E-state index in [4.69, 9.17) is 15.2 Å². The smallest absolute Gasteiger partial charge is 0.241 e. The lowest BCUT2D eigenvalue weighted by atomic mass is 10.1. The Hall–Kier alpha value is -2.27. The average Bonchev–Trinajstić information content (AvgIpc) is 2.63. The molecule has 0 heterocycles. The summed E-state index contributed by atoms with van der Waals surface area (Å²) in [4.78, 5) is 11.0. The van der Waals surface area contributed by atoms with Crippen LogP contribution in [0.2, 0.25) is 0 Å². The molecular formula is C21H24BrNO3. The predicted octanol–water partition coefficient (Wildman–Crippen LogP) is 5.61. The lowest BCUT2D eigenvalue weighted by Crippen LogP contribution is -2.15. The maximum atomic E-state index is 11.0. The number of rotatable bonds is 10. The van der Waals surface area contributed by atoms with Crippen LogP contribution in [0.3, 0.4) is 0 Å². The SMILES string of the molecule is CCCCCC(C=CC(N)=O)Oc1ccc(Oc2ccc(Br)cc2)cc1. The largest absolute Gasteiger partial charge is 0.486 e. The zero-order chi connectivity index (χ0) is 18.8. The molecule has 1 unspecified atom stereocenters. The van der Waals surface area contributed by atoms with Crippen LogP contribution < -0.4 is 15.2 Å². The fraction of sp³-hybridized carbons (Fsp3) is 0.286. The summed E-state index contributed by atoms with van der Waals surface area (Å²) in [6, 6.07) is 15.1. The molecule has 4 nitrogen and oxygen atoms in total. The molecule has 5 heteroatoms. The molecule has 0 fully saturated rings. The quantitative estimate of drug-likeness (QED) is 0.403. The van der Waals surface area contributed by atoms with Gasteiger partial charge >= 0.3 is 0 Å². The lowest BCUT2D eigenvalue weighted by molar-refractivity contribution is -0.113. The van der Waals surface area contributed by atoms with Crippen LogP contribution in [0.4, 0.5) is 0 Å². The number of carbonyl (C=O) groups is 1. The first-order valence-corrected chi connectivity index (χ1v) is 9.54. The van der Waals surface area contributed by atoms with Gasteiger partial charge in [-0.1, -0.05) is 35.7 Å². The zero-order valence-electron chi connectivity index (χ0n) is 14.9. The van der Waals surface area contributed by atoms with Gasteiger partial charge in [0.15, 0.2) is 0 Å². The summed E-state index contributed by atoms with van der Waals surface area (Å²) >= 11 is 3.40. The van der Waals surface area contributed by atoms with Gasteiger partial charge < -0.3 is 15.2 Å². The minimum Gasteiger partial charge on any atom is -0.486 e. The van der Waals surface area contributed by atoms with E-state index >= 15 is 0 Å². The predicted molar refractivity (Wildman–Crippen MR) is 108 cm³/mol. The van der Waals surface area contributed by atoms with Crippen LogP contribution in [-0.2, 0) is 4.79 Å². The molecule has 0 saturated heterocycles. The van der Waals surface area contributed by atoms with Gasteiger partial charge in [0.2, 0.25) is 5.91 Å². The molecule has 2 N–H and O–H groups in total. The Labute approximate surface area is 163 Å². The molecule has 0 aliphatic heterocycles. The van der Waals surface area contributed by atoms with Crippen molar-refractivity contribution in [1.82, 2.24) is 0 Å². The molecule has 0 saturated carbocycles. The van der Waals surface area contributed by atoms with Crippen LogP contribution in [0.1, 0.15) is 32.6 Å². The van der Waals surface area contributed by atoms with Crippen molar-refractivity contribution >= 4 is 21.8 Å². The number of amides is 1. The van der Waals surface area contributed by atoms with Crippen molar-refractivity contribution in [3.63, 3.8) is 0 Å². The summed E-state index contributed by atoms with van der Waals surface area (Å²) in [7, 11) is 0. The fourth-order valence-electron chi connectivity index (χ4n) is 2.39. The van der Waals surface area contributed by atoms with E-state index in [1.54, 1.807) is 6.08 Å². The van der Waals surface area contributed by atoms with Gasteiger partial charge in [0.1, 0.15) is 23.4 Å². The highest BCUT2D eigenvalue weighted by Gasteiger charge is 2.08. The molecule has 0 aliphatic rings. The van der Waals surface area contributed by atoms with Crippen LogP contribution in [0, 0.1) is 0 Å². The van der Waals surface area contributed by atoms with Gasteiger partial charge in [0, 0.05) is 10.5 Å². The molecule has 138 valence electrons. The van der Waals surface area contributed by atoms with Gasteiger partial charge in [-0.2, -0.15) is 0 Å². The topological polar surface area (TPSA) is 61.6 Å². The number of hydrogen-bond donors (Lipinski definition) is 1. The summed E-state index contributed by atoms with van der Waals surface area (Å²) in [6.07, 6.45) is 7.06. The standard InChI is InChI=1S/C21H24BrNO3/c1-2-3-4-5-17(14-15-21(23)24)25-19-10-12-20(13-11-19)26-18-8-6-16(22)7-9-18/h6-15,17H,2-5H2,1H3,(H2,23,24). The van der Waals surface area contributed by atoms with E-state index in [0.29, 0.717) is 0 Å². The number of primary amides is 1. The van der Waals surface area contributed by atoms with Gasteiger partial charge in [-0.05, 0) is 67.4 Å². The first-order chi connectivity index (χ1) is 12.6. The Kier molecular flexibility index (Phi) is 8.22. The van der Waals surface area contributed by atoms with E-state index in [9.17, 15) is 4.79 Å². The second-order valence-electron chi connectivity index (χ2n) is 5.94. The van der Waals surface area contributed by atoms with Gasteiger partial charge in [-0.15, -0.1) is 0 Å². The summed E-state index contributed by atoms with van der Waals surface area (Å²) in [5.74, 6) is 1.76. The van der Waals surface area contributed by atoms with Gasteiger partial charge in [0.25, 0.3) is 0 Å². The van der Waals surface area contributed by atoms with E-state index in [1.807, 2.05) is 48.5 Å². The number of unbranched alkanes of at least 4 members (excludes halogenated alkanes) is 2.